The standard InChI is InChI=1S/C26H28ClFN2O4S2/c1-2-34-23-12-14-24(15-13-23)36(32,33)30(22-10-8-21(28)9-11-22)18-26(31)29-16-5-17-35-19-20-6-3-4-7-25(20)27/h3-4,6-15H,2,5,16-19H2,1H3,(H,29,31). The number of ether oxygens (including phenoxy) is 1. The number of carbonyl (C=O) groups is 1. The number of hydrogen-bond donors (Lipinski definition) is 1. The Bertz CT molecular complexity index is 1240. The number of rotatable bonds is 13. The maximum absolute atomic E-state index is 13.5. The fourth-order valence-corrected chi connectivity index (χ4v) is 5.98. The number of hydrogen-bond acceptors (Lipinski definition) is 5. The highest BCUT2D eigenvalue weighted by Gasteiger charge is 2.27. The van der Waals surface area contributed by atoms with Gasteiger partial charge in [0.05, 0.1) is 17.2 Å². The maximum atomic E-state index is 13.5. The van der Waals surface area contributed by atoms with Crippen LogP contribution in [-0.2, 0) is 20.6 Å². The van der Waals surface area contributed by atoms with Crippen LogP contribution in [0.15, 0.2) is 77.7 Å². The van der Waals surface area contributed by atoms with Gasteiger partial charge in [0.15, 0.2) is 0 Å². The minimum Gasteiger partial charge on any atom is -0.494 e. The molecule has 0 saturated heterocycles. The molecule has 3 aromatic rings. The molecule has 0 aliphatic carbocycles. The van der Waals surface area contributed by atoms with E-state index in [0.717, 1.165) is 38.5 Å². The molecule has 0 fully saturated rings. The molecule has 0 radical (unpaired) electrons. The minimum atomic E-state index is -4.09. The lowest BCUT2D eigenvalue weighted by molar-refractivity contribution is -0.119. The van der Waals surface area contributed by atoms with Gasteiger partial charge >= 0.3 is 0 Å². The Labute approximate surface area is 220 Å². The van der Waals surface area contributed by atoms with Crippen molar-refractivity contribution in [3.05, 3.63) is 89.2 Å². The van der Waals surface area contributed by atoms with Crippen molar-refractivity contribution in [2.24, 2.45) is 0 Å². The van der Waals surface area contributed by atoms with Crippen LogP contribution >= 0.6 is 23.4 Å². The van der Waals surface area contributed by atoms with Crippen molar-refractivity contribution >= 4 is 45.0 Å². The van der Waals surface area contributed by atoms with Gasteiger partial charge in [-0.15, -0.1) is 0 Å². The predicted octanol–water partition coefficient (Wildman–Crippen LogP) is 5.51. The molecule has 192 valence electrons. The molecule has 0 aliphatic heterocycles. The van der Waals surface area contributed by atoms with Crippen molar-refractivity contribution in [3.63, 3.8) is 0 Å². The number of nitrogens with zero attached hydrogens (tertiary/aromatic N) is 1. The largest absolute Gasteiger partial charge is 0.494 e. The number of thioether (sulfide) groups is 1. The summed E-state index contributed by atoms with van der Waals surface area (Å²) >= 11 is 7.87. The van der Waals surface area contributed by atoms with E-state index in [1.54, 1.807) is 23.9 Å². The molecular weight excluding hydrogens is 523 g/mol. The van der Waals surface area contributed by atoms with Gasteiger partial charge in [0, 0.05) is 17.3 Å². The molecule has 10 heteroatoms. The summed E-state index contributed by atoms with van der Waals surface area (Å²) in [4.78, 5) is 12.7. The first-order valence-electron chi connectivity index (χ1n) is 11.4. The fourth-order valence-electron chi connectivity index (χ4n) is 3.31. The molecule has 0 spiro atoms. The summed E-state index contributed by atoms with van der Waals surface area (Å²) in [5, 5.41) is 3.50. The van der Waals surface area contributed by atoms with Crippen molar-refractivity contribution < 1.29 is 22.3 Å². The summed E-state index contributed by atoms with van der Waals surface area (Å²) in [6.07, 6.45) is 0.711. The molecule has 36 heavy (non-hydrogen) atoms. The van der Waals surface area contributed by atoms with E-state index in [2.05, 4.69) is 5.32 Å². The zero-order valence-corrected chi connectivity index (χ0v) is 22.2. The first-order chi connectivity index (χ1) is 17.3. The summed E-state index contributed by atoms with van der Waals surface area (Å²) in [5.41, 5.74) is 1.25. The first kappa shape index (κ1) is 27.8. The molecule has 1 amide bonds. The quantitative estimate of drug-likeness (QED) is 0.284. The third-order valence-corrected chi connectivity index (χ3v) is 8.38. The highest BCUT2D eigenvalue weighted by atomic mass is 35.5. The highest BCUT2D eigenvalue weighted by molar-refractivity contribution is 7.98. The molecule has 1 N–H and O–H groups in total. The number of nitrogens with one attached hydrogen (secondary N) is 1. The van der Waals surface area contributed by atoms with E-state index < -0.39 is 28.3 Å². The van der Waals surface area contributed by atoms with Gasteiger partial charge in [-0.2, -0.15) is 11.8 Å². The normalized spacial score (nSPS) is 11.2. The number of amides is 1. The predicted molar refractivity (Wildman–Crippen MR) is 144 cm³/mol. The second-order valence-electron chi connectivity index (χ2n) is 7.74. The van der Waals surface area contributed by atoms with Gasteiger partial charge < -0.3 is 10.1 Å². The van der Waals surface area contributed by atoms with Crippen LogP contribution in [0.25, 0.3) is 0 Å². The molecule has 3 rings (SSSR count). The highest BCUT2D eigenvalue weighted by Crippen LogP contribution is 2.25. The second kappa shape index (κ2) is 13.5. The van der Waals surface area contributed by atoms with Gasteiger partial charge in [0.2, 0.25) is 5.91 Å². The summed E-state index contributed by atoms with van der Waals surface area (Å²) < 4.78 is 46.6. The molecule has 6 nitrogen and oxygen atoms in total. The zero-order chi connectivity index (χ0) is 26.0. The topological polar surface area (TPSA) is 75.7 Å². The SMILES string of the molecule is CCOc1ccc(S(=O)(=O)N(CC(=O)NCCCSCc2ccccc2Cl)c2ccc(F)cc2)cc1. The van der Waals surface area contributed by atoms with Gasteiger partial charge in [-0.25, -0.2) is 12.8 Å². The Kier molecular flexibility index (Phi) is 10.5. The van der Waals surface area contributed by atoms with Gasteiger partial charge in [0.25, 0.3) is 10.0 Å². The van der Waals surface area contributed by atoms with Gasteiger partial charge in [-0.05, 0) is 79.3 Å². The Hall–Kier alpha value is -2.75. The average Bonchev–Trinajstić information content (AvgIpc) is 2.87. The molecule has 0 aromatic heterocycles. The van der Waals surface area contributed by atoms with Crippen molar-refractivity contribution in [2.45, 2.75) is 24.0 Å². The number of sulfonamides is 1. The summed E-state index contributed by atoms with van der Waals surface area (Å²) in [6, 6.07) is 18.6. The van der Waals surface area contributed by atoms with E-state index in [1.165, 1.54) is 24.3 Å². The molecule has 0 aliphatic rings. The molecule has 0 unspecified atom stereocenters. The van der Waals surface area contributed by atoms with E-state index >= 15 is 0 Å². The van der Waals surface area contributed by atoms with Gasteiger partial charge in [-0.3, -0.25) is 9.10 Å². The maximum Gasteiger partial charge on any atom is 0.264 e. The summed E-state index contributed by atoms with van der Waals surface area (Å²) in [7, 11) is -4.09. The molecule has 3 aromatic carbocycles. The van der Waals surface area contributed by atoms with Crippen LogP contribution in [0.5, 0.6) is 5.75 Å². The Morgan fingerprint density at radius 3 is 2.42 bits per heavy atom. The van der Waals surface area contributed by atoms with Crippen LogP contribution in [0.1, 0.15) is 18.9 Å². The minimum absolute atomic E-state index is 0.000879. The van der Waals surface area contributed by atoms with E-state index in [-0.39, 0.29) is 10.6 Å². The average molecular weight is 551 g/mol. The third-order valence-electron chi connectivity index (χ3n) is 5.13. The van der Waals surface area contributed by atoms with E-state index in [9.17, 15) is 17.6 Å². The number of anilines is 1. The lowest BCUT2D eigenvalue weighted by Crippen LogP contribution is -2.41. The number of benzene rings is 3. The number of carbonyl (C=O) groups excluding carboxylic acids is 1. The zero-order valence-electron chi connectivity index (χ0n) is 19.8. The molecule has 0 atom stereocenters. The first-order valence-corrected chi connectivity index (χ1v) is 14.4. The van der Waals surface area contributed by atoms with Gasteiger partial charge in [-0.1, -0.05) is 29.8 Å². The fraction of sp³-hybridized carbons (Fsp3) is 0.269. The summed E-state index contributed by atoms with van der Waals surface area (Å²) in [5.74, 6) is 1.15. The lowest BCUT2D eigenvalue weighted by atomic mass is 10.2. The lowest BCUT2D eigenvalue weighted by Gasteiger charge is -2.24. The van der Waals surface area contributed by atoms with Crippen LogP contribution in [-0.4, -0.2) is 39.8 Å². The molecule has 0 heterocycles. The monoisotopic (exact) mass is 550 g/mol. The van der Waals surface area contributed by atoms with Crippen molar-refractivity contribution in [2.75, 3.05) is 29.8 Å². The van der Waals surface area contributed by atoms with Crippen molar-refractivity contribution in [1.82, 2.24) is 5.32 Å². The van der Waals surface area contributed by atoms with Crippen LogP contribution in [0, 0.1) is 5.82 Å². The smallest absolute Gasteiger partial charge is 0.264 e. The van der Waals surface area contributed by atoms with E-state index in [1.807, 2.05) is 31.2 Å². The van der Waals surface area contributed by atoms with Crippen molar-refractivity contribution in [3.8, 4) is 5.75 Å². The Morgan fingerprint density at radius 2 is 1.75 bits per heavy atom. The second-order valence-corrected chi connectivity index (χ2v) is 11.1. The third kappa shape index (κ3) is 7.88. The van der Waals surface area contributed by atoms with Crippen LogP contribution in [0.2, 0.25) is 5.02 Å². The van der Waals surface area contributed by atoms with Gasteiger partial charge in [0.1, 0.15) is 18.1 Å². The van der Waals surface area contributed by atoms with Crippen LogP contribution in [0.3, 0.4) is 0 Å². The van der Waals surface area contributed by atoms with E-state index in [0.29, 0.717) is 25.3 Å². The summed E-state index contributed by atoms with van der Waals surface area (Å²) in [6.45, 7) is 2.24. The molecule has 0 bridgehead atoms. The van der Waals surface area contributed by atoms with Crippen molar-refractivity contribution in [1.29, 1.82) is 0 Å². The molecule has 0 saturated carbocycles. The van der Waals surface area contributed by atoms with Crippen LogP contribution < -0.4 is 14.4 Å². The Balaban J connectivity index is 1.60. The van der Waals surface area contributed by atoms with E-state index in [4.69, 9.17) is 16.3 Å². The number of halogens is 2. The Morgan fingerprint density at radius 1 is 1.06 bits per heavy atom. The van der Waals surface area contributed by atoms with Crippen LogP contribution in [0.4, 0.5) is 10.1 Å². The molecular formula is C26H28ClFN2O4S2.